The summed E-state index contributed by atoms with van der Waals surface area (Å²) in [7, 11) is -3.82. The van der Waals surface area contributed by atoms with E-state index in [1.54, 1.807) is 6.07 Å². The molecule has 1 rings (SSSR count). The van der Waals surface area contributed by atoms with E-state index in [4.69, 9.17) is 21.8 Å². The first kappa shape index (κ1) is 19.3. The fraction of sp³-hybridized carbons (Fsp3) is 0.500. The maximum atomic E-state index is 10.4. The van der Waals surface area contributed by atoms with Crippen molar-refractivity contribution in [3.05, 3.63) is 34.9 Å². The molecule has 0 saturated heterocycles. The molecule has 116 valence electrons. The Hall–Kier alpha value is -0.700. The fourth-order valence-electron chi connectivity index (χ4n) is 1.14. The highest BCUT2D eigenvalue weighted by Gasteiger charge is 2.03. The summed E-state index contributed by atoms with van der Waals surface area (Å²) >= 11 is 5.91. The summed E-state index contributed by atoms with van der Waals surface area (Å²) in [6.45, 7) is 2.67. The van der Waals surface area contributed by atoms with Crippen LogP contribution in [0.3, 0.4) is 0 Å². The van der Waals surface area contributed by atoms with Crippen LogP contribution in [0.4, 0.5) is 0 Å². The zero-order chi connectivity index (χ0) is 15.8. The van der Waals surface area contributed by atoms with Crippen LogP contribution in [0.5, 0.6) is 0 Å². The number of nitrogens with two attached hydrogens (primary N) is 1. The predicted molar refractivity (Wildman–Crippen MR) is 77.3 cm³/mol. The van der Waals surface area contributed by atoms with E-state index < -0.39 is 16.1 Å². The van der Waals surface area contributed by atoms with Crippen molar-refractivity contribution in [2.24, 2.45) is 5.14 Å². The molecule has 0 saturated carbocycles. The van der Waals surface area contributed by atoms with Crippen LogP contribution in [0.15, 0.2) is 24.3 Å². The van der Waals surface area contributed by atoms with Gasteiger partial charge in [0.05, 0.1) is 6.61 Å². The minimum atomic E-state index is -3.82. The standard InChI is InChI=1S/C9H12ClNO3S.C3H8O2/c10-9-6-2-1-4-8(9)5-3-7-14-15(11,12)13;1-3(2,4)5/h1-2,4,6H,3,5,7H2,(H2,11,12,13);4-5H,1-2H3. The Morgan fingerprint density at radius 3 is 2.25 bits per heavy atom. The lowest BCUT2D eigenvalue weighted by Crippen LogP contribution is -2.16. The normalized spacial score (nSPS) is 11.7. The molecule has 4 N–H and O–H groups in total. The molecule has 0 fully saturated rings. The van der Waals surface area contributed by atoms with E-state index in [-0.39, 0.29) is 6.61 Å². The third kappa shape index (κ3) is 13.7. The molecule has 6 nitrogen and oxygen atoms in total. The van der Waals surface area contributed by atoms with Gasteiger partial charge in [0.25, 0.3) is 0 Å². The predicted octanol–water partition coefficient (Wildman–Crippen LogP) is 1.20. The molecular weight excluding hydrogens is 306 g/mol. The van der Waals surface area contributed by atoms with Gasteiger partial charge in [-0.25, -0.2) is 5.14 Å². The largest absolute Gasteiger partial charge is 0.366 e. The van der Waals surface area contributed by atoms with Crippen molar-refractivity contribution < 1.29 is 22.8 Å². The zero-order valence-corrected chi connectivity index (χ0v) is 13.0. The highest BCUT2D eigenvalue weighted by molar-refractivity contribution is 7.84. The van der Waals surface area contributed by atoms with Crippen LogP contribution >= 0.6 is 11.6 Å². The average Bonchev–Trinajstić information content (AvgIpc) is 2.23. The van der Waals surface area contributed by atoms with Crippen LogP contribution in [0, 0.1) is 0 Å². The van der Waals surface area contributed by atoms with Gasteiger partial charge in [-0.15, -0.1) is 0 Å². The summed E-state index contributed by atoms with van der Waals surface area (Å²) in [5.41, 5.74) is 0.970. The van der Waals surface area contributed by atoms with E-state index in [1.807, 2.05) is 18.2 Å². The Bertz CT molecular complexity index is 493. The third-order valence-corrected chi connectivity index (χ3v) is 2.66. The number of hydrogen-bond acceptors (Lipinski definition) is 5. The van der Waals surface area contributed by atoms with Gasteiger partial charge in [0.2, 0.25) is 0 Å². The molecule has 20 heavy (non-hydrogen) atoms. The minimum absolute atomic E-state index is 0.0735. The molecule has 0 bridgehead atoms. The number of rotatable bonds is 5. The van der Waals surface area contributed by atoms with Crippen molar-refractivity contribution in [2.75, 3.05) is 6.61 Å². The van der Waals surface area contributed by atoms with Gasteiger partial charge in [-0.2, -0.15) is 8.42 Å². The van der Waals surface area contributed by atoms with Gasteiger partial charge in [-0.3, -0.25) is 4.18 Å². The zero-order valence-electron chi connectivity index (χ0n) is 11.4. The summed E-state index contributed by atoms with van der Waals surface area (Å²) in [5, 5.41) is 21.5. The van der Waals surface area contributed by atoms with Crippen LogP contribution in [-0.4, -0.2) is 31.0 Å². The van der Waals surface area contributed by atoms with Crippen LogP contribution in [0.1, 0.15) is 25.8 Å². The molecule has 0 aliphatic carbocycles. The molecule has 0 heterocycles. The Kier molecular flexibility index (Phi) is 8.26. The molecular formula is C12H20ClNO5S. The fourth-order valence-corrected chi connectivity index (χ4v) is 1.72. The van der Waals surface area contributed by atoms with Crippen LogP contribution in [0.25, 0.3) is 0 Å². The van der Waals surface area contributed by atoms with Gasteiger partial charge in [-0.05, 0) is 38.3 Å². The van der Waals surface area contributed by atoms with Crippen molar-refractivity contribution in [1.29, 1.82) is 0 Å². The van der Waals surface area contributed by atoms with Crippen LogP contribution in [-0.2, 0) is 20.9 Å². The van der Waals surface area contributed by atoms with Crippen molar-refractivity contribution in [3.8, 4) is 0 Å². The lowest BCUT2D eigenvalue weighted by molar-refractivity contribution is -0.127. The summed E-state index contributed by atoms with van der Waals surface area (Å²) in [5.74, 6) is -1.50. The molecule has 0 atom stereocenters. The van der Waals surface area contributed by atoms with Crippen molar-refractivity contribution in [3.63, 3.8) is 0 Å². The van der Waals surface area contributed by atoms with Gasteiger partial charge in [-0.1, -0.05) is 29.8 Å². The molecule has 8 heteroatoms. The molecule has 0 aromatic heterocycles. The Morgan fingerprint density at radius 1 is 1.30 bits per heavy atom. The first-order chi connectivity index (χ1) is 8.99. The van der Waals surface area contributed by atoms with Crippen molar-refractivity contribution in [1.82, 2.24) is 0 Å². The first-order valence-electron chi connectivity index (χ1n) is 5.84. The molecule has 0 aliphatic rings. The molecule has 0 radical (unpaired) electrons. The lowest BCUT2D eigenvalue weighted by Gasteiger charge is -2.03. The second-order valence-electron chi connectivity index (χ2n) is 4.50. The highest BCUT2D eigenvalue weighted by atomic mass is 35.5. The van der Waals surface area contributed by atoms with Gasteiger partial charge in [0.1, 0.15) is 0 Å². The summed E-state index contributed by atoms with van der Waals surface area (Å²) in [6.07, 6.45) is 1.22. The van der Waals surface area contributed by atoms with E-state index in [9.17, 15) is 8.42 Å². The topological polar surface area (TPSA) is 110 Å². The maximum absolute atomic E-state index is 10.4. The number of benzene rings is 1. The summed E-state index contributed by atoms with van der Waals surface area (Å²) in [6, 6.07) is 7.39. The monoisotopic (exact) mass is 325 g/mol. The molecule has 0 unspecified atom stereocenters. The number of aliphatic hydroxyl groups is 2. The smallest absolute Gasteiger partial charge is 0.333 e. The third-order valence-electron chi connectivity index (χ3n) is 1.80. The summed E-state index contributed by atoms with van der Waals surface area (Å²) in [4.78, 5) is 0. The SMILES string of the molecule is CC(C)(O)O.NS(=O)(=O)OCCCc1ccccc1Cl. The first-order valence-corrected chi connectivity index (χ1v) is 7.69. The molecule has 0 aliphatic heterocycles. The second kappa shape index (κ2) is 8.56. The average molecular weight is 326 g/mol. The Labute approximate surface area is 124 Å². The number of hydrogen-bond donors (Lipinski definition) is 3. The van der Waals surface area contributed by atoms with Gasteiger partial charge >= 0.3 is 10.3 Å². The van der Waals surface area contributed by atoms with E-state index >= 15 is 0 Å². The second-order valence-corrected chi connectivity index (χ2v) is 6.13. The van der Waals surface area contributed by atoms with E-state index in [1.165, 1.54) is 13.8 Å². The van der Waals surface area contributed by atoms with Crippen molar-refractivity contribution >= 4 is 21.9 Å². The van der Waals surface area contributed by atoms with Crippen molar-refractivity contribution in [2.45, 2.75) is 32.5 Å². The van der Waals surface area contributed by atoms with E-state index in [0.717, 1.165) is 5.56 Å². The highest BCUT2D eigenvalue weighted by Crippen LogP contribution is 2.16. The molecule has 1 aromatic carbocycles. The summed E-state index contributed by atoms with van der Waals surface area (Å²) < 4.78 is 25.3. The molecule has 0 spiro atoms. The maximum Gasteiger partial charge on any atom is 0.333 e. The number of halogens is 1. The number of aryl methyl sites for hydroxylation is 1. The Balaban J connectivity index is 0.000000621. The van der Waals surface area contributed by atoms with Crippen LogP contribution < -0.4 is 5.14 Å². The molecule has 0 amide bonds. The lowest BCUT2D eigenvalue weighted by atomic mass is 10.1. The molecule has 1 aromatic rings. The minimum Gasteiger partial charge on any atom is -0.366 e. The van der Waals surface area contributed by atoms with Gasteiger partial charge in [0, 0.05) is 5.02 Å². The van der Waals surface area contributed by atoms with Crippen LogP contribution in [0.2, 0.25) is 5.02 Å². The Morgan fingerprint density at radius 2 is 1.80 bits per heavy atom. The van der Waals surface area contributed by atoms with E-state index in [2.05, 4.69) is 9.32 Å². The van der Waals surface area contributed by atoms with Gasteiger partial charge < -0.3 is 10.2 Å². The van der Waals surface area contributed by atoms with Gasteiger partial charge in [0.15, 0.2) is 5.79 Å². The van der Waals surface area contributed by atoms with E-state index in [0.29, 0.717) is 17.9 Å². The quantitative estimate of drug-likeness (QED) is 0.556.